The Bertz CT molecular complexity index is 746. The first-order valence-corrected chi connectivity index (χ1v) is 6.90. The topological polar surface area (TPSA) is 43.8 Å². The molecule has 3 nitrogen and oxygen atoms in total. The molecule has 0 atom stereocenters. The molecular formula is C15H14BrN3. The highest BCUT2D eigenvalue weighted by atomic mass is 79.9. The fourth-order valence-corrected chi connectivity index (χ4v) is 2.49. The lowest BCUT2D eigenvalue weighted by Crippen LogP contribution is -2.06. The van der Waals surface area contributed by atoms with Gasteiger partial charge in [-0.25, -0.2) is 4.68 Å². The molecule has 0 amide bonds. The van der Waals surface area contributed by atoms with Crippen molar-refractivity contribution in [3.8, 4) is 0 Å². The number of anilines is 1. The summed E-state index contributed by atoms with van der Waals surface area (Å²) in [7, 11) is 0. The van der Waals surface area contributed by atoms with Crippen LogP contribution in [0.15, 0.2) is 46.9 Å². The molecule has 0 radical (unpaired) electrons. The van der Waals surface area contributed by atoms with E-state index in [1.807, 2.05) is 17.7 Å². The standard InChI is InChI=1S/C15H14BrN3/c1-10-14(16)15(17)19(18-10)9-11-6-7-12-4-2-3-5-13(12)8-11/h2-8H,9,17H2,1H3. The molecule has 3 aromatic rings. The highest BCUT2D eigenvalue weighted by molar-refractivity contribution is 9.10. The van der Waals surface area contributed by atoms with Crippen molar-refractivity contribution in [3.63, 3.8) is 0 Å². The molecule has 1 heterocycles. The fraction of sp³-hybridized carbons (Fsp3) is 0.133. The summed E-state index contributed by atoms with van der Waals surface area (Å²) in [6.07, 6.45) is 0. The molecule has 2 aromatic carbocycles. The van der Waals surface area contributed by atoms with Gasteiger partial charge in [-0.05, 0) is 45.3 Å². The second-order valence-electron chi connectivity index (χ2n) is 4.62. The number of halogens is 1. The number of nitrogens with zero attached hydrogens (tertiary/aromatic N) is 2. The van der Waals surface area contributed by atoms with E-state index in [1.165, 1.54) is 16.3 Å². The number of hydrogen-bond donors (Lipinski definition) is 1. The highest BCUT2D eigenvalue weighted by Gasteiger charge is 2.09. The van der Waals surface area contributed by atoms with Gasteiger partial charge in [0, 0.05) is 0 Å². The third-order valence-corrected chi connectivity index (χ3v) is 4.22. The predicted molar refractivity (Wildman–Crippen MR) is 82.1 cm³/mol. The maximum atomic E-state index is 6.02. The van der Waals surface area contributed by atoms with Crippen LogP contribution >= 0.6 is 15.9 Å². The second kappa shape index (κ2) is 4.70. The lowest BCUT2D eigenvalue weighted by atomic mass is 10.1. The minimum atomic E-state index is 0.672. The summed E-state index contributed by atoms with van der Waals surface area (Å²) in [5.41, 5.74) is 8.13. The van der Waals surface area contributed by atoms with Crippen LogP contribution in [-0.2, 0) is 6.54 Å². The number of aromatic nitrogens is 2. The van der Waals surface area contributed by atoms with Gasteiger partial charge in [-0.2, -0.15) is 5.10 Å². The van der Waals surface area contributed by atoms with Gasteiger partial charge in [0.05, 0.1) is 16.7 Å². The first kappa shape index (κ1) is 12.2. The van der Waals surface area contributed by atoms with Crippen LogP contribution < -0.4 is 5.73 Å². The van der Waals surface area contributed by atoms with Crippen molar-refractivity contribution in [2.45, 2.75) is 13.5 Å². The van der Waals surface area contributed by atoms with Gasteiger partial charge in [0.15, 0.2) is 0 Å². The van der Waals surface area contributed by atoms with Gasteiger partial charge < -0.3 is 5.73 Å². The molecule has 0 aliphatic rings. The summed E-state index contributed by atoms with van der Waals surface area (Å²) in [5.74, 6) is 0.672. The Hall–Kier alpha value is -1.81. The van der Waals surface area contributed by atoms with E-state index in [1.54, 1.807) is 0 Å². The minimum Gasteiger partial charge on any atom is -0.383 e. The average Bonchev–Trinajstić information content (AvgIpc) is 2.66. The van der Waals surface area contributed by atoms with Gasteiger partial charge in [-0.1, -0.05) is 36.4 Å². The van der Waals surface area contributed by atoms with E-state index in [9.17, 15) is 0 Å². The van der Waals surface area contributed by atoms with Crippen LogP contribution in [0.25, 0.3) is 10.8 Å². The summed E-state index contributed by atoms with van der Waals surface area (Å²) in [4.78, 5) is 0. The van der Waals surface area contributed by atoms with Crippen molar-refractivity contribution in [3.05, 3.63) is 58.2 Å². The largest absolute Gasteiger partial charge is 0.383 e. The third-order valence-electron chi connectivity index (χ3n) is 3.24. The average molecular weight is 316 g/mol. The predicted octanol–water partition coefficient (Wildman–Crippen LogP) is 3.74. The summed E-state index contributed by atoms with van der Waals surface area (Å²) in [5, 5.41) is 6.91. The second-order valence-corrected chi connectivity index (χ2v) is 5.42. The van der Waals surface area contributed by atoms with Gasteiger partial charge in [0.2, 0.25) is 0 Å². The van der Waals surface area contributed by atoms with Crippen LogP contribution in [0.4, 0.5) is 5.82 Å². The Morgan fingerprint density at radius 2 is 1.89 bits per heavy atom. The lowest BCUT2D eigenvalue weighted by Gasteiger charge is -2.06. The number of fused-ring (bicyclic) bond motifs is 1. The molecule has 0 aliphatic carbocycles. The van der Waals surface area contributed by atoms with Crippen LogP contribution in [0.2, 0.25) is 0 Å². The summed E-state index contributed by atoms with van der Waals surface area (Å²) in [6.45, 7) is 2.63. The van der Waals surface area contributed by atoms with Crippen molar-refractivity contribution in [2.75, 3.05) is 5.73 Å². The Labute approximate surface area is 120 Å². The van der Waals surface area contributed by atoms with Crippen molar-refractivity contribution in [2.24, 2.45) is 0 Å². The zero-order chi connectivity index (χ0) is 13.4. The van der Waals surface area contributed by atoms with Crippen molar-refractivity contribution in [1.82, 2.24) is 9.78 Å². The number of hydrogen-bond acceptors (Lipinski definition) is 2. The molecule has 0 saturated carbocycles. The van der Waals surface area contributed by atoms with Crippen LogP contribution in [0.5, 0.6) is 0 Å². The molecule has 96 valence electrons. The molecule has 0 bridgehead atoms. The summed E-state index contributed by atoms with van der Waals surface area (Å²) >= 11 is 3.44. The number of nitrogens with two attached hydrogens (primary N) is 1. The fourth-order valence-electron chi connectivity index (χ4n) is 2.21. The van der Waals surface area contributed by atoms with Gasteiger partial charge >= 0.3 is 0 Å². The zero-order valence-electron chi connectivity index (χ0n) is 10.6. The summed E-state index contributed by atoms with van der Waals surface area (Å²) in [6, 6.07) is 14.8. The summed E-state index contributed by atoms with van der Waals surface area (Å²) < 4.78 is 2.71. The Balaban J connectivity index is 1.98. The van der Waals surface area contributed by atoms with Gasteiger partial charge in [0.1, 0.15) is 5.82 Å². The molecule has 1 aromatic heterocycles. The van der Waals surface area contributed by atoms with Gasteiger partial charge in [-0.15, -0.1) is 0 Å². The van der Waals surface area contributed by atoms with Crippen molar-refractivity contribution < 1.29 is 0 Å². The van der Waals surface area contributed by atoms with Crippen LogP contribution in [0.3, 0.4) is 0 Å². The van der Waals surface area contributed by atoms with Crippen LogP contribution in [0, 0.1) is 6.92 Å². The molecule has 0 aliphatic heterocycles. The van der Waals surface area contributed by atoms with Crippen molar-refractivity contribution in [1.29, 1.82) is 0 Å². The van der Waals surface area contributed by atoms with E-state index in [0.717, 1.165) is 10.2 Å². The Kier molecular flexibility index (Phi) is 3.03. The van der Waals surface area contributed by atoms with Gasteiger partial charge in [0.25, 0.3) is 0 Å². The first-order valence-electron chi connectivity index (χ1n) is 6.11. The number of rotatable bonds is 2. The smallest absolute Gasteiger partial charge is 0.136 e. The van der Waals surface area contributed by atoms with E-state index < -0.39 is 0 Å². The number of benzene rings is 2. The van der Waals surface area contributed by atoms with E-state index in [-0.39, 0.29) is 0 Å². The lowest BCUT2D eigenvalue weighted by molar-refractivity contribution is 0.690. The van der Waals surface area contributed by atoms with Crippen molar-refractivity contribution >= 4 is 32.5 Å². The number of nitrogen functional groups attached to an aromatic ring is 1. The molecule has 2 N–H and O–H groups in total. The third kappa shape index (κ3) is 2.24. The molecule has 0 unspecified atom stereocenters. The molecule has 19 heavy (non-hydrogen) atoms. The minimum absolute atomic E-state index is 0.672. The Morgan fingerprint density at radius 1 is 1.16 bits per heavy atom. The molecule has 0 spiro atoms. The SMILES string of the molecule is Cc1nn(Cc2ccc3ccccc3c2)c(N)c1Br. The normalized spacial score (nSPS) is 11.1. The maximum absolute atomic E-state index is 6.02. The van der Waals surface area contributed by atoms with Crippen LogP contribution in [0.1, 0.15) is 11.3 Å². The molecular weight excluding hydrogens is 302 g/mol. The van der Waals surface area contributed by atoms with E-state index in [2.05, 4.69) is 57.4 Å². The van der Waals surface area contributed by atoms with E-state index >= 15 is 0 Å². The Morgan fingerprint density at radius 3 is 2.58 bits per heavy atom. The highest BCUT2D eigenvalue weighted by Crippen LogP contribution is 2.24. The van der Waals surface area contributed by atoms with E-state index in [0.29, 0.717) is 12.4 Å². The monoisotopic (exact) mass is 315 g/mol. The molecule has 4 heteroatoms. The first-order chi connectivity index (χ1) is 9.15. The van der Waals surface area contributed by atoms with Gasteiger partial charge in [-0.3, -0.25) is 0 Å². The molecule has 3 rings (SSSR count). The van der Waals surface area contributed by atoms with E-state index in [4.69, 9.17) is 5.73 Å². The molecule has 0 fully saturated rings. The number of aryl methyl sites for hydroxylation is 1. The maximum Gasteiger partial charge on any atom is 0.136 e. The molecule has 0 saturated heterocycles. The van der Waals surface area contributed by atoms with Crippen LogP contribution in [-0.4, -0.2) is 9.78 Å². The quantitative estimate of drug-likeness (QED) is 0.783. The zero-order valence-corrected chi connectivity index (χ0v) is 12.2.